The van der Waals surface area contributed by atoms with Gasteiger partial charge in [0.1, 0.15) is 5.75 Å². The van der Waals surface area contributed by atoms with Gasteiger partial charge < -0.3 is 9.64 Å². The standard InChI is InChI=1S/C20H22N2O2/c1-24-19-8-6-17(7-9-19)15-22(18-10-12-21-13-11-18)20(23)14-16-4-2-3-5-16/h2,4,6-13,16H,3,5,14-15H2,1H3/t16-/m1/s1. The topological polar surface area (TPSA) is 42.4 Å². The molecule has 1 aliphatic carbocycles. The number of hydrogen-bond acceptors (Lipinski definition) is 3. The van der Waals surface area contributed by atoms with Crippen molar-refractivity contribution in [2.75, 3.05) is 12.0 Å². The molecule has 2 aromatic rings. The molecular weight excluding hydrogens is 300 g/mol. The highest BCUT2D eigenvalue weighted by Crippen LogP contribution is 2.25. The summed E-state index contributed by atoms with van der Waals surface area (Å²) in [5.41, 5.74) is 1.95. The molecule has 4 heteroatoms. The van der Waals surface area contributed by atoms with Gasteiger partial charge in [0.2, 0.25) is 5.91 Å². The lowest BCUT2D eigenvalue weighted by Crippen LogP contribution is -2.31. The van der Waals surface area contributed by atoms with E-state index in [0.29, 0.717) is 18.9 Å². The van der Waals surface area contributed by atoms with E-state index >= 15 is 0 Å². The maximum Gasteiger partial charge on any atom is 0.227 e. The largest absolute Gasteiger partial charge is 0.497 e. The van der Waals surface area contributed by atoms with Crippen LogP contribution in [-0.2, 0) is 11.3 Å². The van der Waals surface area contributed by atoms with Gasteiger partial charge in [0.15, 0.2) is 0 Å². The van der Waals surface area contributed by atoms with Gasteiger partial charge in [-0.25, -0.2) is 0 Å². The minimum absolute atomic E-state index is 0.147. The molecule has 0 fully saturated rings. The van der Waals surface area contributed by atoms with Crippen molar-refractivity contribution in [2.45, 2.75) is 25.8 Å². The summed E-state index contributed by atoms with van der Waals surface area (Å²) in [6, 6.07) is 11.6. The number of benzene rings is 1. The molecule has 3 rings (SSSR count). The number of allylic oxidation sites excluding steroid dienone is 2. The zero-order valence-corrected chi connectivity index (χ0v) is 13.9. The van der Waals surface area contributed by atoms with Gasteiger partial charge in [0.05, 0.1) is 13.7 Å². The molecule has 1 aliphatic rings. The number of nitrogens with zero attached hydrogens (tertiary/aromatic N) is 2. The highest BCUT2D eigenvalue weighted by molar-refractivity contribution is 5.93. The van der Waals surface area contributed by atoms with Gasteiger partial charge >= 0.3 is 0 Å². The maximum absolute atomic E-state index is 12.9. The van der Waals surface area contributed by atoms with Crippen LogP contribution < -0.4 is 9.64 Å². The Bertz CT molecular complexity index is 695. The molecule has 0 spiro atoms. The van der Waals surface area contributed by atoms with Crippen molar-refractivity contribution in [3.63, 3.8) is 0 Å². The van der Waals surface area contributed by atoms with Gasteiger partial charge in [-0.05, 0) is 48.6 Å². The van der Waals surface area contributed by atoms with E-state index in [0.717, 1.165) is 29.8 Å². The highest BCUT2D eigenvalue weighted by Gasteiger charge is 2.21. The first-order valence-electron chi connectivity index (χ1n) is 8.26. The van der Waals surface area contributed by atoms with Crippen molar-refractivity contribution in [3.05, 3.63) is 66.5 Å². The summed E-state index contributed by atoms with van der Waals surface area (Å²) in [6.45, 7) is 0.545. The van der Waals surface area contributed by atoms with Crippen LogP contribution in [0.5, 0.6) is 5.75 Å². The summed E-state index contributed by atoms with van der Waals surface area (Å²) in [5, 5.41) is 0. The number of carbonyl (C=O) groups excluding carboxylic acids is 1. The number of amides is 1. The summed E-state index contributed by atoms with van der Waals surface area (Å²) in [5.74, 6) is 1.32. The fourth-order valence-electron chi connectivity index (χ4n) is 2.96. The zero-order valence-electron chi connectivity index (χ0n) is 13.9. The van der Waals surface area contributed by atoms with Crippen molar-refractivity contribution in [3.8, 4) is 5.75 Å². The van der Waals surface area contributed by atoms with Gasteiger partial charge in [-0.15, -0.1) is 0 Å². The third kappa shape index (κ3) is 4.02. The molecule has 124 valence electrons. The Kier molecular flexibility index (Phi) is 5.26. The van der Waals surface area contributed by atoms with Crippen LogP contribution in [0, 0.1) is 5.92 Å². The number of ether oxygens (including phenoxy) is 1. The second-order valence-electron chi connectivity index (χ2n) is 6.00. The fraction of sp³-hybridized carbons (Fsp3) is 0.300. The van der Waals surface area contributed by atoms with Crippen LogP contribution in [0.25, 0.3) is 0 Å². The van der Waals surface area contributed by atoms with E-state index in [1.807, 2.05) is 41.3 Å². The van der Waals surface area contributed by atoms with E-state index in [1.165, 1.54) is 0 Å². The Balaban J connectivity index is 1.78. The Morgan fingerprint density at radius 1 is 1.21 bits per heavy atom. The van der Waals surface area contributed by atoms with E-state index in [4.69, 9.17) is 4.74 Å². The fourth-order valence-corrected chi connectivity index (χ4v) is 2.96. The minimum Gasteiger partial charge on any atom is -0.497 e. The first-order chi connectivity index (χ1) is 11.8. The molecule has 0 bridgehead atoms. The number of carbonyl (C=O) groups is 1. The average Bonchev–Trinajstić information content (AvgIpc) is 3.14. The monoisotopic (exact) mass is 322 g/mol. The van der Waals surface area contributed by atoms with Crippen LogP contribution >= 0.6 is 0 Å². The number of aromatic nitrogens is 1. The zero-order chi connectivity index (χ0) is 16.8. The molecule has 1 amide bonds. The summed E-state index contributed by atoms with van der Waals surface area (Å²) in [4.78, 5) is 18.8. The Morgan fingerprint density at radius 3 is 2.58 bits per heavy atom. The van der Waals surface area contributed by atoms with Crippen molar-refractivity contribution in [2.24, 2.45) is 5.92 Å². The van der Waals surface area contributed by atoms with Crippen molar-refractivity contribution < 1.29 is 9.53 Å². The van der Waals surface area contributed by atoms with Crippen LogP contribution in [0.15, 0.2) is 60.9 Å². The lowest BCUT2D eigenvalue weighted by atomic mass is 10.0. The average molecular weight is 322 g/mol. The summed E-state index contributed by atoms with van der Waals surface area (Å²) < 4.78 is 5.20. The van der Waals surface area contributed by atoms with E-state index in [-0.39, 0.29) is 5.91 Å². The third-order valence-electron chi connectivity index (χ3n) is 4.32. The quantitative estimate of drug-likeness (QED) is 0.756. The highest BCUT2D eigenvalue weighted by atomic mass is 16.5. The van der Waals surface area contributed by atoms with Crippen LogP contribution in [0.1, 0.15) is 24.8 Å². The second kappa shape index (κ2) is 7.77. The predicted octanol–water partition coefficient (Wildman–Crippen LogP) is 3.98. The SMILES string of the molecule is COc1ccc(CN(C(=O)C[C@@H]2C=CCC2)c2ccncc2)cc1. The van der Waals surface area contributed by atoms with Crippen LogP contribution in [0.3, 0.4) is 0 Å². The predicted molar refractivity (Wildman–Crippen MR) is 94.9 cm³/mol. The van der Waals surface area contributed by atoms with E-state index in [2.05, 4.69) is 17.1 Å². The number of hydrogen-bond donors (Lipinski definition) is 0. The van der Waals surface area contributed by atoms with Crippen molar-refractivity contribution >= 4 is 11.6 Å². The smallest absolute Gasteiger partial charge is 0.227 e. The van der Waals surface area contributed by atoms with E-state index in [1.54, 1.807) is 19.5 Å². The number of methoxy groups -OCH3 is 1. The first-order valence-corrected chi connectivity index (χ1v) is 8.26. The molecule has 0 saturated carbocycles. The van der Waals surface area contributed by atoms with Crippen LogP contribution in [0.2, 0.25) is 0 Å². The summed E-state index contributed by atoms with van der Waals surface area (Å²) in [6.07, 6.45) is 10.5. The lowest BCUT2D eigenvalue weighted by Gasteiger charge is -2.24. The van der Waals surface area contributed by atoms with Gasteiger partial charge in [0, 0.05) is 24.5 Å². The molecular formula is C20H22N2O2. The minimum atomic E-state index is 0.147. The van der Waals surface area contributed by atoms with Gasteiger partial charge in [-0.1, -0.05) is 24.3 Å². The molecule has 1 heterocycles. The number of rotatable bonds is 6. The molecule has 1 aromatic heterocycles. The number of anilines is 1. The van der Waals surface area contributed by atoms with Crippen LogP contribution in [0.4, 0.5) is 5.69 Å². The molecule has 1 atom stereocenters. The third-order valence-corrected chi connectivity index (χ3v) is 4.32. The molecule has 1 aromatic carbocycles. The molecule has 0 aliphatic heterocycles. The molecule has 0 unspecified atom stereocenters. The van der Waals surface area contributed by atoms with Crippen molar-refractivity contribution in [1.82, 2.24) is 4.98 Å². The Labute approximate surface area is 142 Å². The van der Waals surface area contributed by atoms with E-state index in [9.17, 15) is 4.79 Å². The maximum atomic E-state index is 12.9. The molecule has 0 saturated heterocycles. The Morgan fingerprint density at radius 2 is 1.96 bits per heavy atom. The lowest BCUT2D eigenvalue weighted by molar-refractivity contribution is -0.119. The molecule has 0 N–H and O–H groups in total. The first kappa shape index (κ1) is 16.2. The summed E-state index contributed by atoms with van der Waals surface area (Å²) in [7, 11) is 1.65. The van der Waals surface area contributed by atoms with Crippen molar-refractivity contribution in [1.29, 1.82) is 0 Å². The van der Waals surface area contributed by atoms with Gasteiger partial charge in [-0.2, -0.15) is 0 Å². The molecule has 0 radical (unpaired) electrons. The molecule has 4 nitrogen and oxygen atoms in total. The van der Waals surface area contributed by atoms with Gasteiger partial charge in [0.25, 0.3) is 0 Å². The number of pyridine rings is 1. The summed E-state index contributed by atoms with van der Waals surface area (Å²) >= 11 is 0. The second-order valence-corrected chi connectivity index (χ2v) is 6.00. The van der Waals surface area contributed by atoms with Gasteiger partial charge in [-0.3, -0.25) is 9.78 Å². The normalized spacial score (nSPS) is 16.1. The molecule has 24 heavy (non-hydrogen) atoms. The Hall–Kier alpha value is -2.62. The van der Waals surface area contributed by atoms with E-state index < -0.39 is 0 Å². The van der Waals surface area contributed by atoms with Crippen LogP contribution in [-0.4, -0.2) is 18.0 Å².